The molecule has 114 valence electrons. The van der Waals surface area contributed by atoms with E-state index in [4.69, 9.17) is 4.84 Å². The van der Waals surface area contributed by atoms with Crippen molar-refractivity contribution in [1.29, 1.82) is 0 Å². The van der Waals surface area contributed by atoms with Crippen molar-refractivity contribution < 1.29 is 9.23 Å². The lowest BCUT2D eigenvalue weighted by molar-refractivity contribution is 0.0793. The van der Waals surface area contributed by atoms with Crippen LogP contribution < -0.4 is 0 Å². The highest BCUT2D eigenvalue weighted by atomic mass is 19.1. The van der Waals surface area contributed by atoms with Gasteiger partial charge in [-0.1, -0.05) is 41.6 Å². The molecule has 3 rings (SSSR count). The van der Waals surface area contributed by atoms with Crippen LogP contribution >= 0.6 is 0 Å². The van der Waals surface area contributed by atoms with Crippen molar-refractivity contribution in [3.05, 3.63) is 71.0 Å². The smallest absolute Gasteiger partial charge is 0.133 e. The molecule has 0 saturated heterocycles. The van der Waals surface area contributed by atoms with Gasteiger partial charge in [0.2, 0.25) is 0 Å². The van der Waals surface area contributed by atoms with Crippen LogP contribution in [0.4, 0.5) is 4.39 Å². The van der Waals surface area contributed by atoms with Crippen LogP contribution in [0.2, 0.25) is 0 Å². The second kappa shape index (κ2) is 6.73. The maximum atomic E-state index is 13.2. The molecule has 1 aliphatic rings. The fourth-order valence-corrected chi connectivity index (χ4v) is 2.79. The van der Waals surface area contributed by atoms with Gasteiger partial charge in [0, 0.05) is 12.8 Å². The van der Waals surface area contributed by atoms with Gasteiger partial charge in [0.1, 0.15) is 11.9 Å². The predicted molar refractivity (Wildman–Crippen MR) is 86.5 cm³/mol. The summed E-state index contributed by atoms with van der Waals surface area (Å²) in [6.07, 6.45) is 3.51. The first kappa shape index (κ1) is 14.8. The minimum absolute atomic E-state index is 0.113. The van der Waals surface area contributed by atoms with Gasteiger partial charge < -0.3 is 4.84 Å². The van der Waals surface area contributed by atoms with Crippen LogP contribution in [0, 0.1) is 12.7 Å². The number of oxime groups is 1. The molecule has 0 aliphatic carbocycles. The molecule has 2 nitrogen and oxygen atoms in total. The van der Waals surface area contributed by atoms with Crippen molar-refractivity contribution in [1.82, 2.24) is 0 Å². The van der Waals surface area contributed by atoms with E-state index in [-0.39, 0.29) is 11.9 Å². The summed E-state index contributed by atoms with van der Waals surface area (Å²) < 4.78 is 13.2. The summed E-state index contributed by atoms with van der Waals surface area (Å²) >= 11 is 0. The maximum Gasteiger partial charge on any atom is 0.133 e. The Morgan fingerprint density at radius 2 is 2.05 bits per heavy atom. The van der Waals surface area contributed by atoms with Crippen LogP contribution in [0.3, 0.4) is 0 Å². The average molecular weight is 297 g/mol. The minimum atomic E-state index is -0.179. The van der Waals surface area contributed by atoms with Gasteiger partial charge in [0.25, 0.3) is 0 Å². The zero-order chi connectivity index (χ0) is 15.4. The number of halogens is 1. The zero-order valence-corrected chi connectivity index (χ0v) is 12.8. The fraction of sp³-hybridized carbons (Fsp3) is 0.316. The summed E-state index contributed by atoms with van der Waals surface area (Å²) in [5, 5.41) is 4.23. The van der Waals surface area contributed by atoms with Crippen molar-refractivity contribution >= 4 is 5.71 Å². The first-order chi connectivity index (χ1) is 10.7. The highest BCUT2D eigenvalue weighted by molar-refractivity contribution is 5.87. The van der Waals surface area contributed by atoms with Crippen LogP contribution in [0.15, 0.2) is 53.7 Å². The van der Waals surface area contributed by atoms with E-state index in [1.54, 1.807) is 12.1 Å². The van der Waals surface area contributed by atoms with E-state index >= 15 is 0 Å². The second-order valence-electron chi connectivity index (χ2n) is 5.86. The SMILES string of the molecule is Cc1ccccc1CC1=NOC(CCc2cccc(F)c2)C1. The Hall–Kier alpha value is -2.16. The zero-order valence-electron chi connectivity index (χ0n) is 12.8. The highest BCUT2D eigenvalue weighted by Gasteiger charge is 2.21. The molecule has 2 aromatic rings. The number of nitrogens with zero attached hydrogens (tertiary/aromatic N) is 1. The maximum absolute atomic E-state index is 13.2. The number of benzene rings is 2. The Morgan fingerprint density at radius 1 is 1.18 bits per heavy atom. The normalized spacial score (nSPS) is 17.2. The van der Waals surface area contributed by atoms with E-state index < -0.39 is 0 Å². The highest BCUT2D eigenvalue weighted by Crippen LogP contribution is 2.20. The Balaban J connectivity index is 1.51. The third kappa shape index (κ3) is 3.73. The van der Waals surface area contributed by atoms with Gasteiger partial charge in [0.15, 0.2) is 0 Å². The van der Waals surface area contributed by atoms with Crippen LogP contribution in [0.1, 0.15) is 29.5 Å². The number of hydrogen-bond acceptors (Lipinski definition) is 2. The predicted octanol–water partition coefficient (Wildman–Crippen LogP) is 4.45. The van der Waals surface area contributed by atoms with E-state index in [0.29, 0.717) is 0 Å². The largest absolute Gasteiger partial charge is 0.392 e. The Kier molecular flexibility index (Phi) is 4.52. The van der Waals surface area contributed by atoms with Crippen molar-refractivity contribution in [3.63, 3.8) is 0 Å². The van der Waals surface area contributed by atoms with Gasteiger partial charge >= 0.3 is 0 Å². The van der Waals surface area contributed by atoms with Crippen LogP contribution in [0.25, 0.3) is 0 Å². The third-order valence-electron chi connectivity index (χ3n) is 4.09. The van der Waals surface area contributed by atoms with Crippen LogP contribution in [-0.2, 0) is 17.7 Å². The summed E-state index contributed by atoms with van der Waals surface area (Å²) in [6, 6.07) is 15.1. The fourth-order valence-electron chi connectivity index (χ4n) is 2.79. The third-order valence-corrected chi connectivity index (χ3v) is 4.09. The molecule has 0 saturated carbocycles. The molecule has 2 aromatic carbocycles. The summed E-state index contributed by atoms with van der Waals surface area (Å²) in [6.45, 7) is 2.12. The number of rotatable bonds is 5. The molecule has 0 aromatic heterocycles. The van der Waals surface area contributed by atoms with Crippen LogP contribution in [-0.4, -0.2) is 11.8 Å². The van der Waals surface area contributed by atoms with Crippen molar-refractivity contribution in [2.75, 3.05) is 0 Å². The molecule has 0 bridgehead atoms. The van der Waals surface area contributed by atoms with Gasteiger partial charge in [-0.25, -0.2) is 4.39 Å². The van der Waals surface area contributed by atoms with Crippen molar-refractivity contribution in [2.24, 2.45) is 5.16 Å². The van der Waals surface area contributed by atoms with E-state index in [9.17, 15) is 4.39 Å². The van der Waals surface area contributed by atoms with Gasteiger partial charge in [0.05, 0.1) is 5.71 Å². The molecule has 0 radical (unpaired) electrons. The molecule has 0 N–H and O–H groups in total. The standard InChI is InChI=1S/C19H20FNO/c1-14-5-2-3-7-16(14)12-18-13-19(22-21-18)10-9-15-6-4-8-17(20)11-15/h2-8,11,19H,9-10,12-13H2,1H3. The summed E-state index contributed by atoms with van der Waals surface area (Å²) in [5.74, 6) is -0.179. The Morgan fingerprint density at radius 3 is 2.86 bits per heavy atom. The molecule has 22 heavy (non-hydrogen) atoms. The molecule has 1 heterocycles. The summed E-state index contributed by atoms with van der Waals surface area (Å²) in [7, 11) is 0. The molecule has 3 heteroatoms. The second-order valence-corrected chi connectivity index (χ2v) is 5.86. The molecule has 0 spiro atoms. The van der Waals surface area contributed by atoms with Crippen molar-refractivity contribution in [3.8, 4) is 0 Å². The number of hydrogen-bond donors (Lipinski definition) is 0. The van der Waals surface area contributed by atoms with Crippen LogP contribution in [0.5, 0.6) is 0 Å². The van der Waals surface area contributed by atoms with Gasteiger partial charge in [-0.3, -0.25) is 0 Å². The topological polar surface area (TPSA) is 21.6 Å². The lowest BCUT2D eigenvalue weighted by Crippen LogP contribution is -2.10. The quantitative estimate of drug-likeness (QED) is 0.798. The number of aryl methyl sites for hydroxylation is 2. The summed E-state index contributed by atoms with van der Waals surface area (Å²) in [5.41, 5.74) is 4.69. The monoisotopic (exact) mass is 297 g/mol. The molecule has 0 amide bonds. The first-order valence-electron chi connectivity index (χ1n) is 7.71. The van der Waals surface area contributed by atoms with E-state index in [1.807, 2.05) is 12.1 Å². The molecule has 1 unspecified atom stereocenters. The van der Waals surface area contributed by atoms with Gasteiger partial charge in [-0.2, -0.15) is 0 Å². The minimum Gasteiger partial charge on any atom is -0.392 e. The van der Waals surface area contributed by atoms with Crippen molar-refractivity contribution in [2.45, 2.75) is 38.7 Å². The first-order valence-corrected chi connectivity index (χ1v) is 7.71. The molecule has 1 aliphatic heterocycles. The average Bonchev–Trinajstić information content (AvgIpc) is 2.95. The summed E-state index contributed by atoms with van der Waals surface area (Å²) in [4.78, 5) is 5.52. The van der Waals surface area contributed by atoms with Gasteiger partial charge in [-0.05, 0) is 48.6 Å². The van der Waals surface area contributed by atoms with E-state index in [0.717, 1.165) is 37.0 Å². The van der Waals surface area contributed by atoms with E-state index in [2.05, 4.69) is 30.3 Å². The molecule has 1 atom stereocenters. The van der Waals surface area contributed by atoms with Gasteiger partial charge in [-0.15, -0.1) is 0 Å². The van der Waals surface area contributed by atoms with E-state index in [1.165, 1.54) is 17.2 Å². The molecule has 0 fully saturated rings. The molecular weight excluding hydrogens is 277 g/mol. The molecular formula is C19H20FNO. The Bertz CT molecular complexity index is 681. The lowest BCUT2D eigenvalue weighted by Gasteiger charge is -2.08. The Labute approximate surface area is 130 Å². The lowest BCUT2D eigenvalue weighted by atomic mass is 9.98.